The van der Waals surface area contributed by atoms with Crippen molar-refractivity contribution < 1.29 is 14.7 Å². The number of aromatic nitrogens is 1. The van der Waals surface area contributed by atoms with Crippen molar-refractivity contribution in [1.82, 2.24) is 9.88 Å². The van der Waals surface area contributed by atoms with E-state index in [0.29, 0.717) is 5.69 Å². The summed E-state index contributed by atoms with van der Waals surface area (Å²) in [6, 6.07) is 3.60. The monoisotopic (exact) mass is 262 g/mol. The number of rotatable bonds is 2. The molecule has 2 heterocycles. The second kappa shape index (κ2) is 4.64. The fraction of sp³-hybridized carbons (Fsp3) is 0.500. The van der Waals surface area contributed by atoms with E-state index in [-0.39, 0.29) is 24.4 Å². The second-order valence-electron chi connectivity index (χ2n) is 5.93. The van der Waals surface area contributed by atoms with Gasteiger partial charge >= 0.3 is 5.97 Å². The highest BCUT2D eigenvalue weighted by atomic mass is 16.4. The number of hydrogen-bond donors (Lipinski definition) is 1. The van der Waals surface area contributed by atoms with Gasteiger partial charge in [0.2, 0.25) is 0 Å². The van der Waals surface area contributed by atoms with E-state index < -0.39 is 11.9 Å². The molecule has 0 spiro atoms. The third kappa shape index (κ3) is 2.75. The molecular formula is C14H18N2O3. The van der Waals surface area contributed by atoms with E-state index in [1.54, 1.807) is 12.3 Å². The van der Waals surface area contributed by atoms with Crippen LogP contribution in [0.25, 0.3) is 0 Å². The molecule has 1 saturated heterocycles. The maximum atomic E-state index is 12.0. The minimum Gasteiger partial charge on any atom is -0.481 e. The first-order valence-electron chi connectivity index (χ1n) is 6.27. The first-order chi connectivity index (χ1) is 8.79. The Kier molecular flexibility index (Phi) is 3.30. The van der Waals surface area contributed by atoms with E-state index >= 15 is 0 Å². The first-order valence-corrected chi connectivity index (χ1v) is 6.27. The highest BCUT2D eigenvalue weighted by Crippen LogP contribution is 2.22. The number of carboxylic acid groups (broad SMARTS) is 1. The van der Waals surface area contributed by atoms with Crippen molar-refractivity contribution in [2.75, 3.05) is 13.1 Å². The Morgan fingerprint density at radius 2 is 1.95 bits per heavy atom. The minimum absolute atomic E-state index is 0.000262. The van der Waals surface area contributed by atoms with Gasteiger partial charge in [-0.15, -0.1) is 0 Å². The normalized spacial score (nSPS) is 16.1. The summed E-state index contributed by atoms with van der Waals surface area (Å²) in [7, 11) is 0. The topological polar surface area (TPSA) is 70.5 Å². The molecule has 1 N–H and O–H groups in total. The van der Waals surface area contributed by atoms with Gasteiger partial charge in [-0.2, -0.15) is 0 Å². The van der Waals surface area contributed by atoms with Gasteiger partial charge in [0.05, 0.1) is 5.92 Å². The second-order valence-corrected chi connectivity index (χ2v) is 5.93. The standard InChI is InChI=1S/C14H18N2O3/c1-14(2,3)10-4-5-11(15-6-10)12(17)16-7-9(8-16)13(18)19/h4-6,9H,7-8H2,1-3H3,(H,18,19). The largest absolute Gasteiger partial charge is 0.481 e. The van der Waals surface area contributed by atoms with Crippen LogP contribution in [0.4, 0.5) is 0 Å². The van der Waals surface area contributed by atoms with Crippen molar-refractivity contribution in [2.24, 2.45) is 5.92 Å². The quantitative estimate of drug-likeness (QED) is 0.877. The maximum Gasteiger partial charge on any atom is 0.310 e. The lowest BCUT2D eigenvalue weighted by Gasteiger charge is -2.36. The summed E-state index contributed by atoms with van der Waals surface area (Å²) in [6.45, 7) is 6.79. The van der Waals surface area contributed by atoms with Crippen LogP contribution in [0, 0.1) is 5.92 Å². The van der Waals surface area contributed by atoms with Crippen molar-refractivity contribution in [3.63, 3.8) is 0 Å². The Morgan fingerprint density at radius 3 is 2.37 bits per heavy atom. The lowest BCUT2D eigenvalue weighted by Crippen LogP contribution is -2.53. The molecule has 1 fully saturated rings. The van der Waals surface area contributed by atoms with Gasteiger partial charge in [0, 0.05) is 19.3 Å². The van der Waals surface area contributed by atoms with Crippen LogP contribution < -0.4 is 0 Å². The molecule has 1 aromatic heterocycles. The zero-order chi connectivity index (χ0) is 14.2. The molecule has 0 saturated carbocycles. The summed E-state index contributed by atoms with van der Waals surface area (Å²) in [5, 5.41) is 8.78. The van der Waals surface area contributed by atoms with E-state index in [4.69, 9.17) is 5.11 Å². The Labute approximate surface area is 112 Å². The van der Waals surface area contributed by atoms with Crippen molar-refractivity contribution in [3.05, 3.63) is 29.6 Å². The molecule has 5 heteroatoms. The Morgan fingerprint density at radius 1 is 1.32 bits per heavy atom. The van der Waals surface area contributed by atoms with Crippen LogP contribution in [0.2, 0.25) is 0 Å². The van der Waals surface area contributed by atoms with E-state index in [2.05, 4.69) is 25.8 Å². The number of amides is 1. The van der Waals surface area contributed by atoms with Gasteiger partial charge in [0.15, 0.2) is 0 Å². The lowest BCUT2D eigenvalue weighted by molar-refractivity contribution is -0.146. The van der Waals surface area contributed by atoms with Gasteiger partial charge in [-0.05, 0) is 17.0 Å². The number of carbonyl (C=O) groups excluding carboxylic acids is 1. The molecule has 0 unspecified atom stereocenters. The van der Waals surface area contributed by atoms with Crippen molar-refractivity contribution in [1.29, 1.82) is 0 Å². The molecule has 102 valence electrons. The molecule has 1 amide bonds. The number of pyridine rings is 1. The number of carbonyl (C=O) groups is 2. The summed E-state index contributed by atoms with van der Waals surface area (Å²) >= 11 is 0. The summed E-state index contributed by atoms with van der Waals surface area (Å²) in [6.07, 6.45) is 1.71. The third-order valence-electron chi connectivity index (χ3n) is 3.37. The average molecular weight is 262 g/mol. The highest BCUT2D eigenvalue weighted by Gasteiger charge is 2.36. The Bertz CT molecular complexity index is 496. The number of aliphatic carboxylic acids is 1. The predicted molar refractivity (Wildman–Crippen MR) is 70.0 cm³/mol. The van der Waals surface area contributed by atoms with Crippen molar-refractivity contribution >= 4 is 11.9 Å². The maximum absolute atomic E-state index is 12.0. The van der Waals surface area contributed by atoms with Gasteiger partial charge < -0.3 is 10.0 Å². The third-order valence-corrected chi connectivity index (χ3v) is 3.37. The molecular weight excluding hydrogens is 244 g/mol. The van der Waals surface area contributed by atoms with Crippen LogP contribution >= 0.6 is 0 Å². The minimum atomic E-state index is -0.847. The van der Waals surface area contributed by atoms with Crippen molar-refractivity contribution in [3.8, 4) is 0 Å². The summed E-state index contributed by atoms with van der Waals surface area (Å²) in [5.74, 6) is -1.48. The van der Waals surface area contributed by atoms with Crippen molar-refractivity contribution in [2.45, 2.75) is 26.2 Å². The van der Waals surface area contributed by atoms with Crippen LogP contribution in [0.5, 0.6) is 0 Å². The summed E-state index contributed by atoms with van der Waals surface area (Å²) in [4.78, 5) is 28.4. The molecule has 1 aliphatic heterocycles. The van der Waals surface area contributed by atoms with E-state index in [0.717, 1.165) is 5.56 Å². The van der Waals surface area contributed by atoms with E-state index in [1.165, 1.54) is 4.90 Å². The number of hydrogen-bond acceptors (Lipinski definition) is 3. The molecule has 19 heavy (non-hydrogen) atoms. The predicted octanol–water partition coefficient (Wildman–Crippen LogP) is 1.54. The molecule has 0 radical (unpaired) electrons. The smallest absolute Gasteiger partial charge is 0.310 e. The molecule has 0 bridgehead atoms. The average Bonchev–Trinajstić information content (AvgIpc) is 2.25. The Hall–Kier alpha value is -1.91. The number of nitrogens with zero attached hydrogens (tertiary/aromatic N) is 2. The fourth-order valence-electron chi connectivity index (χ4n) is 1.93. The SMILES string of the molecule is CC(C)(C)c1ccc(C(=O)N2CC(C(=O)O)C2)nc1. The van der Waals surface area contributed by atoms with Crippen LogP contribution in [0.3, 0.4) is 0 Å². The number of likely N-dealkylation sites (tertiary alicyclic amines) is 1. The first kappa shape index (κ1) is 13.5. The van der Waals surface area contributed by atoms with Gasteiger partial charge in [0.25, 0.3) is 5.91 Å². The zero-order valence-electron chi connectivity index (χ0n) is 11.4. The van der Waals surface area contributed by atoms with Gasteiger partial charge in [-0.25, -0.2) is 0 Å². The zero-order valence-corrected chi connectivity index (χ0v) is 11.4. The molecule has 0 aromatic carbocycles. The molecule has 1 aliphatic rings. The van der Waals surface area contributed by atoms with E-state index in [9.17, 15) is 9.59 Å². The summed E-state index contributed by atoms with van der Waals surface area (Å²) < 4.78 is 0. The molecule has 1 aromatic rings. The Balaban J connectivity index is 2.04. The molecule has 0 aliphatic carbocycles. The summed E-state index contributed by atoms with van der Waals surface area (Å²) in [5.41, 5.74) is 1.44. The van der Waals surface area contributed by atoms with Gasteiger partial charge in [-0.1, -0.05) is 26.8 Å². The van der Waals surface area contributed by atoms with Crippen LogP contribution in [-0.4, -0.2) is 40.0 Å². The van der Waals surface area contributed by atoms with Crippen LogP contribution in [0.1, 0.15) is 36.8 Å². The molecule has 0 atom stereocenters. The fourth-order valence-corrected chi connectivity index (χ4v) is 1.93. The molecule has 5 nitrogen and oxygen atoms in total. The molecule has 2 rings (SSSR count). The van der Waals surface area contributed by atoms with Crippen LogP contribution in [-0.2, 0) is 10.2 Å². The van der Waals surface area contributed by atoms with Gasteiger partial charge in [0.1, 0.15) is 5.69 Å². The lowest BCUT2D eigenvalue weighted by atomic mass is 9.88. The highest BCUT2D eigenvalue weighted by molar-refractivity contribution is 5.93. The number of carboxylic acids is 1. The van der Waals surface area contributed by atoms with E-state index in [1.807, 2.05) is 6.07 Å². The van der Waals surface area contributed by atoms with Gasteiger partial charge in [-0.3, -0.25) is 14.6 Å². The van der Waals surface area contributed by atoms with Crippen LogP contribution in [0.15, 0.2) is 18.3 Å².